The fourth-order valence-corrected chi connectivity index (χ4v) is 3.03. The number of fused-ring (bicyclic) bond motifs is 1. The van der Waals surface area contributed by atoms with Gasteiger partial charge in [0.2, 0.25) is 5.91 Å². The van der Waals surface area contributed by atoms with Gasteiger partial charge in [-0.15, -0.1) is 11.6 Å². The van der Waals surface area contributed by atoms with Gasteiger partial charge >= 0.3 is 0 Å². The minimum atomic E-state index is -0.252. The number of carbonyl (C=O) groups is 1. The highest BCUT2D eigenvalue weighted by Gasteiger charge is 2.28. The molecule has 0 saturated heterocycles. The summed E-state index contributed by atoms with van der Waals surface area (Å²) in [4.78, 5) is 15.8. The van der Waals surface area contributed by atoms with Crippen LogP contribution in [0.2, 0.25) is 0 Å². The number of ether oxygens (including phenoxy) is 2. The third kappa shape index (κ3) is 3.88. The summed E-state index contributed by atoms with van der Waals surface area (Å²) in [6.45, 7) is 0. The molecule has 136 valence electrons. The van der Waals surface area contributed by atoms with E-state index in [1.54, 1.807) is 36.5 Å². The molecule has 0 saturated carbocycles. The van der Waals surface area contributed by atoms with E-state index in [2.05, 4.69) is 10.3 Å². The first-order chi connectivity index (χ1) is 13.2. The molecular formula is C21H17ClN2O3. The fraction of sp³-hybridized carbons (Fsp3) is 0.143. The number of halogens is 1. The maximum atomic E-state index is 11.3. The van der Waals surface area contributed by atoms with E-state index in [1.807, 2.05) is 30.3 Å². The Hall–Kier alpha value is -3.05. The van der Waals surface area contributed by atoms with Gasteiger partial charge in [0.05, 0.1) is 5.69 Å². The molecule has 0 bridgehead atoms. The van der Waals surface area contributed by atoms with E-state index < -0.39 is 0 Å². The largest absolute Gasteiger partial charge is 0.479 e. The fourth-order valence-electron chi connectivity index (χ4n) is 2.96. The Labute approximate surface area is 161 Å². The van der Waals surface area contributed by atoms with Gasteiger partial charge in [-0.3, -0.25) is 9.78 Å². The van der Waals surface area contributed by atoms with Crippen molar-refractivity contribution in [2.45, 2.75) is 12.5 Å². The number of carbonyl (C=O) groups excluding carboxylic acids is 1. The molecular weight excluding hydrogens is 364 g/mol. The summed E-state index contributed by atoms with van der Waals surface area (Å²) >= 11 is 5.49. The summed E-state index contributed by atoms with van der Waals surface area (Å²) in [5.41, 5.74) is 2.65. The van der Waals surface area contributed by atoms with Crippen molar-refractivity contribution >= 4 is 23.2 Å². The zero-order chi connectivity index (χ0) is 18.6. The Kier molecular flexibility index (Phi) is 4.94. The lowest BCUT2D eigenvalue weighted by molar-refractivity contribution is -0.113. The minimum Gasteiger partial charge on any atom is -0.479 e. The lowest BCUT2D eigenvalue weighted by Crippen LogP contribution is -2.12. The van der Waals surface area contributed by atoms with Gasteiger partial charge in [-0.2, -0.15) is 0 Å². The molecule has 1 atom stereocenters. The molecule has 5 nitrogen and oxygen atoms in total. The van der Waals surface area contributed by atoms with Crippen molar-refractivity contribution in [2.24, 2.45) is 0 Å². The molecule has 2 heterocycles. The lowest BCUT2D eigenvalue weighted by Gasteiger charge is -2.13. The van der Waals surface area contributed by atoms with Crippen LogP contribution in [0.25, 0.3) is 0 Å². The Morgan fingerprint density at radius 2 is 1.93 bits per heavy atom. The lowest BCUT2D eigenvalue weighted by atomic mass is 10.1. The zero-order valence-corrected chi connectivity index (χ0v) is 15.1. The highest BCUT2D eigenvalue weighted by Crippen LogP contribution is 2.43. The number of amides is 1. The molecule has 1 N–H and O–H groups in total. The number of alkyl halides is 1. The minimum absolute atomic E-state index is 0.0633. The number of rotatable bonds is 5. The number of hydrogen-bond donors (Lipinski definition) is 1. The van der Waals surface area contributed by atoms with Gasteiger partial charge in [-0.1, -0.05) is 30.3 Å². The Morgan fingerprint density at radius 1 is 1.15 bits per heavy atom. The summed E-state index contributed by atoms with van der Waals surface area (Å²) in [6.07, 6.45) is 2.37. The highest BCUT2D eigenvalue weighted by atomic mass is 35.5. The number of pyridine rings is 1. The third-order valence-corrected chi connectivity index (χ3v) is 4.48. The van der Waals surface area contributed by atoms with Crippen LogP contribution in [-0.2, 0) is 11.2 Å². The first kappa shape index (κ1) is 17.4. The predicted molar refractivity (Wildman–Crippen MR) is 104 cm³/mol. The first-order valence-electron chi connectivity index (χ1n) is 8.56. The first-order valence-corrected chi connectivity index (χ1v) is 9.09. The molecule has 0 aliphatic carbocycles. The number of nitrogens with zero attached hydrogens (tertiary/aromatic N) is 1. The maximum absolute atomic E-state index is 11.3. The normalized spacial score (nSPS) is 14.9. The summed E-state index contributed by atoms with van der Waals surface area (Å²) in [7, 11) is 0. The second kappa shape index (κ2) is 7.68. The van der Waals surface area contributed by atoms with Crippen molar-refractivity contribution in [2.75, 3.05) is 11.2 Å². The summed E-state index contributed by atoms with van der Waals surface area (Å²) in [5.74, 6) is 1.60. The zero-order valence-electron chi connectivity index (χ0n) is 14.4. The second-order valence-corrected chi connectivity index (χ2v) is 6.38. The molecule has 0 radical (unpaired) electrons. The second-order valence-electron chi connectivity index (χ2n) is 6.11. The Balaban J connectivity index is 1.50. The molecule has 0 spiro atoms. The van der Waals surface area contributed by atoms with Gasteiger partial charge in [-0.25, -0.2) is 0 Å². The smallest absolute Gasteiger partial charge is 0.239 e. The number of nitrogens with one attached hydrogen (secondary N) is 1. The van der Waals surface area contributed by atoms with Gasteiger partial charge in [-0.05, 0) is 29.8 Å². The van der Waals surface area contributed by atoms with Crippen molar-refractivity contribution < 1.29 is 14.3 Å². The molecule has 3 aromatic rings. The monoisotopic (exact) mass is 380 g/mol. The van der Waals surface area contributed by atoms with E-state index in [0.717, 1.165) is 11.3 Å². The van der Waals surface area contributed by atoms with Crippen LogP contribution in [-0.4, -0.2) is 16.8 Å². The SMILES string of the molecule is O=C(CCl)Nc1ccc(Oc2ccnc3c2OC(c2ccccc2)C3)cc1. The number of aromatic nitrogens is 1. The molecule has 4 rings (SSSR count). The van der Waals surface area contributed by atoms with Crippen LogP contribution < -0.4 is 14.8 Å². The molecule has 1 amide bonds. The van der Waals surface area contributed by atoms with E-state index >= 15 is 0 Å². The number of hydrogen-bond acceptors (Lipinski definition) is 4. The van der Waals surface area contributed by atoms with Crippen molar-refractivity contribution in [1.82, 2.24) is 4.98 Å². The maximum Gasteiger partial charge on any atom is 0.239 e. The molecule has 27 heavy (non-hydrogen) atoms. The third-order valence-electron chi connectivity index (χ3n) is 4.24. The Bertz CT molecular complexity index is 945. The topological polar surface area (TPSA) is 60.5 Å². The summed E-state index contributed by atoms with van der Waals surface area (Å²) < 4.78 is 12.1. The molecule has 1 aliphatic heterocycles. The average molecular weight is 381 g/mol. The van der Waals surface area contributed by atoms with Crippen LogP contribution in [0, 0.1) is 0 Å². The van der Waals surface area contributed by atoms with Crippen LogP contribution in [0.5, 0.6) is 17.2 Å². The molecule has 6 heteroatoms. The van der Waals surface area contributed by atoms with Crippen molar-refractivity contribution in [3.8, 4) is 17.2 Å². The van der Waals surface area contributed by atoms with Gasteiger partial charge in [0, 0.05) is 24.4 Å². The molecule has 2 aromatic carbocycles. The van der Waals surface area contributed by atoms with Crippen LogP contribution in [0.4, 0.5) is 5.69 Å². The standard InChI is InChI=1S/C21H17ClN2O3/c22-13-20(25)24-15-6-8-16(9-7-15)26-18-10-11-23-17-12-19(27-21(17)18)14-4-2-1-3-5-14/h1-11,19H,12-13H2,(H,24,25). The van der Waals surface area contributed by atoms with Gasteiger partial charge in [0.15, 0.2) is 11.5 Å². The van der Waals surface area contributed by atoms with Gasteiger partial charge in [0.25, 0.3) is 0 Å². The number of benzene rings is 2. The van der Waals surface area contributed by atoms with E-state index in [0.29, 0.717) is 29.4 Å². The van der Waals surface area contributed by atoms with E-state index in [4.69, 9.17) is 21.1 Å². The van der Waals surface area contributed by atoms with Crippen LogP contribution >= 0.6 is 11.6 Å². The van der Waals surface area contributed by atoms with Crippen LogP contribution in [0.3, 0.4) is 0 Å². The molecule has 1 unspecified atom stereocenters. The molecule has 0 fully saturated rings. The van der Waals surface area contributed by atoms with Crippen LogP contribution in [0.1, 0.15) is 17.4 Å². The van der Waals surface area contributed by atoms with Crippen molar-refractivity contribution in [3.05, 3.63) is 78.1 Å². The van der Waals surface area contributed by atoms with E-state index in [-0.39, 0.29) is 17.9 Å². The molecule has 1 aliphatic rings. The predicted octanol–water partition coefficient (Wildman–Crippen LogP) is 4.73. The quantitative estimate of drug-likeness (QED) is 0.650. The summed E-state index contributed by atoms with van der Waals surface area (Å²) in [5, 5.41) is 2.69. The summed E-state index contributed by atoms with van der Waals surface area (Å²) in [6, 6.07) is 18.9. The van der Waals surface area contributed by atoms with Gasteiger partial charge < -0.3 is 14.8 Å². The Morgan fingerprint density at radius 3 is 2.67 bits per heavy atom. The number of anilines is 1. The van der Waals surface area contributed by atoms with Crippen molar-refractivity contribution in [1.29, 1.82) is 0 Å². The van der Waals surface area contributed by atoms with E-state index in [1.165, 1.54) is 0 Å². The molecule has 1 aromatic heterocycles. The van der Waals surface area contributed by atoms with Gasteiger partial charge in [0.1, 0.15) is 17.7 Å². The average Bonchev–Trinajstić information content (AvgIpc) is 3.15. The van der Waals surface area contributed by atoms with E-state index in [9.17, 15) is 4.79 Å². The highest BCUT2D eigenvalue weighted by molar-refractivity contribution is 6.29. The van der Waals surface area contributed by atoms with Crippen molar-refractivity contribution in [3.63, 3.8) is 0 Å². The van der Waals surface area contributed by atoms with Crippen LogP contribution in [0.15, 0.2) is 66.9 Å².